The Kier molecular flexibility index (Phi) is 70.3. The summed E-state index contributed by atoms with van der Waals surface area (Å²) in [4.78, 5) is 72.9. The van der Waals surface area contributed by atoms with Crippen molar-refractivity contribution in [3.05, 3.63) is 0 Å². The lowest BCUT2D eigenvalue weighted by molar-refractivity contribution is -0.161. The van der Waals surface area contributed by atoms with Gasteiger partial charge in [-0.15, -0.1) is 0 Å². The van der Waals surface area contributed by atoms with Crippen molar-refractivity contribution in [3.8, 4) is 0 Å². The number of ether oxygens (including phenoxy) is 4. The van der Waals surface area contributed by atoms with Crippen LogP contribution in [0.15, 0.2) is 0 Å². The molecular weight excluding hydrogens is 1290 g/mol. The molecule has 2 unspecified atom stereocenters. The number of carbonyl (C=O) groups excluding carboxylic acids is 4. The molecule has 588 valence electrons. The molecule has 0 aromatic rings. The Hall–Kier alpha value is -1.94. The van der Waals surface area contributed by atoms with Crippen LogP contribution >= 0.6 is 15.6 Å². The van der Waals surface area contributed by atoms with Crippen LogP contribution < -0.4 is 0 Å². The van der Waals surface area contributed by atoms with Crippen molar-refractivity contribution in [3.63, 3.8) is 0 Å². The molecule has 0 radical (unpaired) electrons. The Balaban J connectivity index is 5.20. The highest BCUT2D eigenvalue weighted by atomic mass is 31.2. The molecule has 0 aliphatic heterocycles. The second-order valence-corrected chi connectivity index (χ2v) is 32.7. The number of phosphoric ester groups is 2. The van der Waals surface area contributed by atoms with Crippen LogP contribution in [0.4, 0.5) is 0 Å². The molecule has 0 amide bonds. The van der Waals surface area contributed by atoms with Gasteiger partial charge in [0.25, 0.3) is 0 Å². The molecule has 0 aliphatic carbocycles. The van der Waals surface area contributed by atoms with Gasteiger partial charge in [0.05, 0.1) is 26.4 Å². The number of unbranched alkanes of at least 4 members (excludes halogenated alkanes) is 49. The fourth-order valence-corrected chi connectivity index (χ4v) is 13.9. The van der Waals surface area contributed by atoms with Crippen molar-refractivity contribution >= 4 is 39.5 Å². The van der Waals surface area contributed by atoms with E-state index in [9.17, 15) is 43.2 Å². The van der Waals surface area contributed by atoms with E-state index in [2.05, 4.69) is 41.5 Å². The Morgan fingerprint density at radius 2 is 0.465 bits per heavy atom. The van der Waals surface area contributed by atoms with Gasteiger partial charge in [-0.05, 0) is 37.5 Å². The average molecular weight is 1450 g/mol. The molecular formula is C80H156O17P2. The number of carbonyl (C=O) groups is 4. The molecule has 0 saturated carbocycles. The van der Waals surface area contributed by atoms with Crippen molar-refractivity contribution < 1.29 is 80.2 Å². The standard InChI is InChI=1S/C80H156O17P2/c1-7-9-11-13-15-17-19-20-21-22-23-24-25-26-27-28-29-32-40-46-52-58-64-79(84)96-76(69-91-78(83)63-57-51-45-39-33-30-31-36-42-48-54-60-72(3)4)71-95-99(88,89)93-67-74(81)66-92-98(86,87)94-70-75(68-90-77(82)62-56-50-44-38-18-16-14-12-10-8-2)97-80(85)65-59-53-47-41-35-34-37-43-49-55-61-73(5)6/h72-76,81H,7-71H2,1-6H3,(H,86,87)(H,88,89)/t74-,75+,76+/m0/s1. The lowest BCUT2D eigenvalue weighted by atomic mass is 10.0. The van der Waals surface area contributed by atoms with Gasteiger partial charge in [-0.2, -0.15) is 0 Å². The van der Waals surface area contributed by atoms with E-state index in [0.717, 1.165) is 102 Å². The Morgan fingerprint density at radius 3 is 0.687 bits per heavy atom. The van der Waals surface area contributed by atoms with E-state index < -0.39 is 97.5 Å². The van der Waals surface area contributed by atoms with Gasteiger partial charge in [-0.1, -0.05) is 369 Å². The molecule has 0 spiro atoms. The zero-order valence-electron chi connectivity index (χ0n) is 64.8. The summed E-state index contributed by atoms with van der Waals surface area (Å²) in [6.07, 6.45) is 61.2. The number of rotatable bonds is 79. The first kappa shape index (κ1) is 97.1. The van der Waals surface area contributed by atoms with Gasteiger partial charge < -0.3 is 33.8 Å². The Bertz CT molecular complexity index is 1910. The monoisotopic (exact) mass is 1450 g/mol. The van der Waals surface area contributed by atoms with E-state index >= 15 is 0 Å². The molecule has 99 heavy (non-hydrogen) atoms. The first-order valence-electron chi connectivity index (χ1n) is 41.5. The molecule has 0 bridgehead atoms. The van der Waals surface area contributed by atoms with E-state index in [-0.39, 0.29) is 25.7 Å². The second-order valence-electron chi connectivity index (χ2n) is 29.8. The van der Waals surface area contributed by atoms with Crippen molar-refractivity contribution in [1.82, 2.24) is 0 Å². The Morgan fingerprint density at radius 1 is 0.273 bits per heavy atom. The van der Waals surface area contributed by atoms with E-state index in [0.29, 0.717) is 25.7 Å². The largest absolute Gasteiger partial charge is 0.472 e. The van der Waals surface area contributed by atoms with Gasteiger partial charge in [0.2, 0.25) is 0 Å². The van der Waals surface area contributed by atoms with Crippen molar-refractivity contribution in [2.75, 3.05) is 39.6 Å². The fraction of sp³-hybridized carbons (Fsp3) is 0.950. The maximum atomic E-state index is 13.1. The summed E-state index contributed by atoms with van der Waals surface area (Å²) in [6.45, 7) is 9.61. The molecule has 0 saturated heterocycles. The molecule has 17 nitrogen and oxygen atoms in total. The summed E-state index contributed by atoms with van der Waals surface area (Å²) in [6, 6.07) is 0. The minimum absolute atomic E-state index is 0.106. The first-order chi connectivity index (χ1) is 47.9. The zero-order valence-corrected chi connectivity index (χ0v) is 66.6. The molecule has 0 aromatic carbocycles. The van der Waals surface area contributed by atoms with Crippen LogP contribution in [0.5, 0.6) is 0 Å². The predicted molar refractivity (Wildman–Crippen MR) is 405 cm³/mol. The average Bonchev–Trinajstić information content (AvgIpc) is 0.960. The highest BCUT2D eigenvalue weighted by Gasteiger charge is 2.30. The van der Waals surface area contributed by atoms with Crippen LogP contribution in [0.25, 0.3) is 0 Å². The molecule has 0 rings (SSSR count). The first-order valence-corrected chi connectivity index (χ1v) is 44.5. The molecule has 5 atom stereocenters. The van der Waals surface area contributed by atoms with Gasteiger partial charge in [0, 0.05) is 25.7 Å². The van der Waals surface area contributed by atoms with E-state index in [4.69, 9.17) is 37.0 Å². The number of esters is 4. The number of phosphoric acid groups is 2. The predicted octanol–water partition coefficient (Wildman–Crippen LogP) is 23.9. The van der Waals surface area contributed by atoms with Crippen LogP contribution in [0.3, 0.4) is 0 Å². The maximum Gasteiger partial charge on any atom is 0.472 e. The number of hydrogen-bond acceptors (Lipinski definition) is 15. The van der Waals surface area contributed by atoms with Gasteiger partial charge in [0.15, 0.2) is 12.2 Å². The molecule has 0 aliphatic rings. The third-order valence-corrected chi connectivity index (χ3v) is 20.6. The quantitative estimate of drug-likeness (QED) is 0.0222. The number of hydrogen-bond donors (Lipinski definition) is 3. The van der Waals surface area contributed by atoms with Gasteiger partial charge in [0.1, 0.15) is 19.3 Å². The fourth-order valence-electron chi connectivity index (χ4n) is 12.4. The van der Waals surface area contributed by atoms with Crippen molar-refractivity contribution in [1.29, 1.82) is 0 Å². The normalized spacial score (nSPS) is 13.9. The summed E-state index contributed by atoms with van der Waals surface area (Å²) in [5, 5.41) is 10.6. The molecule has 0 heterocycles. The molecule has 19 heteroatoms. The highest BCUT2D eigenvalue weighted by molar-refractivity contribution is 7.47. The van der Waals surface area contributed by atoms with Crippen LogP contribution in [-0.2, 0) is 65.4 Å². The lowest BCUT2D eigenvalue weighted by Gasteiger charge is -2.21. The molecule has 0 fully saturated rings. The zero-order chi connectivity index (χ0) is 72.8. The third kappa shape index (κ3) is 74.1. The lowest BCUT2D eigenvalue weighted by Crippen LogP contribution is -2.30. The molecule has 0 aromatic heterocycles. The van der Waals surface area contributed by atoms with Crippen LogP contribution in [-0.4, -0.2) is 96.7 Å². The van der Waals surface area contributed by atoms with Gasteiger partial charge in [-0.25, -0.2) is 9.13 Å². The third-order valence-electron chi connectivity index (χ3n) is 18.7. The van der Waals surface area contributed by atoms with E-state index in [1.165, 1.54) is 238 Å². The Labute approximate surface area is 607 Å². The van der Waals surface area contributed by atoms with Crippen LogP contribution in [0.1, 0.15) is 420 Å². The van der Waals surface area contributed by atoms with Crippen LogP contribution in [0, 0.1) is 11.8 Å². The van der Waals surface area contributed by atoms with E-state index in [1.54, 1.807) is 0 Å². The topological polar surface area (TPSA) is 237 Å². The smallest absolute Gasteiger partial charge is 0.462 e. The summed E-state index contributed by atoms with van der Waals surface area (Å²) in [5.41, 5.74) is 0. The molecule has 3 N–H and O–H groups in total. The maximum absolute atomic E-state index is 13.1. The minimum atomic E-state index is -4.96. The van der Waals surface area contributed by atoms with Gasteiger partial charge >= 0.3 is 39.5 Å². The minimum Gasteiger partial charge on any atom is -0.462 e. The summed E-state index contributed by atoms with van der Waals surface area (Å²) in [5.74, 6) is -0.589. The number of aliphatic hydroxyl groups is 1. The van der Waals surface area contributed by atoms with Crippen LogP contribution in [0.2, 0.25) is 0 Å². The SMILES string of the molecule is CCCCCCCCCCCCCCCCCCCCCCCCC(=O)O[C@H](COC(=O)CCCCCCCCCCCCCC(C)C)COP(=O)(O)OC[C@@H](O)COP(=O)(O)OC[C@@H](COC(=O)CCCCCCCCCCCC)OC(=O)CCCCCCCCCCCCC(C)C. The highest BCUT2D eigenvalue weighted by Crippen LogP contribution is 2.45. The summed E-state index contributed by atoms with van der Waals surface area (Å²) < 4.78 is 68.6. The second kappa shape index (κ2) is 71.7. The van der Waals surface area contributed by atoms with Crippen molar-refractivity contribution in [2.45, 2.75) is 439 Å². The summed E-state index contributed by atoms with van der Waals surface area (Å²) >= 11 is 0. The van der Waals surface area contributed by atoms with Crippen molar-refractivity contribution in [2.24, 2.45) is 11.8 Å². The van der Waals surface area contributed by atoms with E-state index in [1.807, 2.05) is 0 Å². The number of aliphatic hydroxyl groups excluding tert-OH is 1. The van der Waals surface area contributed by atoms with Gasteiger partial charge in [-0.3, -0.25) is 37.3 Å². The summed E-state index contributed by atoms with van der Waals surface area (Å²) in [7, 11) is -9.92.